The average Bonchev–Trinajstić information content (AvgIpc) is 2.72. The van der Waals surface area contributed by atoms with Crippen LogP contribution in [0.4, 0.5) is 4.79 Å². The van der Waals surface area contributed by atoms with Crippen molar-refractivity contribution in [3.05, 3.63) is 0 Å². The van der Waals surface area contributed by atoms with Crippen LogP contribution in [0.15, 0.2) is 0 Å². The maximum absolute atomic E-state index is 12.9. The van der Waals surface area contributed by atoms with Crippen LogP contribution in [0.3, 0.4) is 0 Å². The van der Waals surface area contributed by atoms with Crippen molar-refractivity contribution in [3.8, 4) is 0 Å². The van der Waals surface area contributed by atoms with Crippen LogP contribution >= 0.6 is 0 Å². The number of piperidine rings is 2. The maximum Gasteiger partial charge on any atom is 0.410 e. The highest BCUT2D eigenvalue weighted by Crippen LogP contribution is 2.26. The second-order valence-electron chi connectivity index (χ2n) is 10.8. The van der Waals surface area contributed by atoms with Gasteiger partial charge in [-0.3, -0.25) is 9.59 Å². The van der Waals surface area contributed by atoms with E-state index in [0.29, 0.717) is 51.6 Å². The summed E-state index contributed by atoms with van der Waals surface area (Å²) in [5.74, 6) is 0.708. The zero-order chi connectivity index (χ0) is 23.5. The number of ether oxygens (including phenoxy) is 2. The summed E-state index contributed by atoms with van der Waals surface area (Å²) in [6.45, 7) is 13.5. The fourth-order valence-corrected chi connectivity index (χ4v) is 5.01. The Labute approximate surface area is 192 Å². The van der Waals surface area contributed by atoms with Crippen LogP contribution in [-0.2, 0) is 19.1 Å². The van der Waals surface area contributed by atoms with Gasteiger partial charge in [-0.1, -0.05) is 0 Å². The molecule has 182 valence electrons. The molecule has 0 aromatic heterocycles. The van der Waals surface area contributed by atoms with Crippen LogP contribution in [-0.4, -0.2) is 89.7 Å². The number of carbonyl (C=O) groups is 3. The Bertz CT molecular complexity index is 666. The topological polar surface area (TPSA) is 79.4 Å². The largest absolute Gasteiger partial charge is 0.444 e. The van der Waals surface area contributed by atoms with Gasteiger partial charge in [0.25, 0.3) is 0 Å². The summed E-state index contributed by atoms with van der Waals surface area (Å²) in [4.78, 5) is 43.6. The minimum atomic E-state index is -0.490. The van der Waals surface area contributed by atoms with Crippen molar-refractivity contribution in [2.45, 2.75) is 84.5 Å². The van der Waals surface area contributed by atoms with E-state index in [4.69, 9.17) is 9.47 Å². The SMILES string of the molecule is C[C@@H]1CN(C(=O)C2CCN(C(=O)CC3CCN(C(=O)OC(C)(C)C)CC3)CC2)C[C@H](C)O1. The van der Waals surface area contributed by atoms with Gasteiger partial charge in [0.1, 0.15) is 5.60 Å². The van der Waals surface area contributed by atoms with Crippen molar-refractivity contribution in [2.24, 2.45) is 11.8 Å². The first-order valence-corrected chi connectivity index (χ1v) is 12.2. The summed E-state index contributed by atoms with van der Waals surface area (Å²) in [6, 6.07) is 0. The van der Waals surface area contributed by atoms with Gasteiger partial charge in [-0.25, -0.2) is 4.79 Å². The lowest BCUT2D eigenvalue weighted by atomic mass is 9.91. The van der Waals surface area contributed by atoms with Gasteiger partial charge in [0.2, 0.25) is 11.8 Å². The zero-order valence-corrected chi connectivity index (χ0v) is 20.5. The Balaban J connectivity index is 1.39. The van der Waals surface area contributed by atoms with Crippen molar-refractivity contribution >= 4 is 17.9 Å². The van der Waals surface area contributed by atoms with Gasteiger partial charge in [-0.2, -0.15) is 0 Å². The molecule has 0 aromatic carbocycles. The van der Waals surface area contributed by atoms with Gasteiger partial charge in [0.15, 0.2) is 0 Å². The summed E-state index contributed by atoms with van der Waals surface area (Å²) < 4.78 is 11.2. The standard InChI is InChI=1S/C24H41N3O5/c1-17-15-27(16-18(2)31-17)22(29)20-8-12-25(13-9-20)21(28)14-19-6-10-26(11-7-19)23(30)32-24(3,4)5/h17-20H,6-16H2,1-5H3/t17-,18+. The molecule has 0 radical (unpaired) electrons. The summed E-state index contributed by atoms with van der Waals surface area (Å²) in [5, 5.41) is 0. The highest BCUT2D eigenvalue weighted by Gasteiger charge is 2.34. The van der Waals surface area contributed by atoms with Gasteiger partial charge >= 0.3 is 6.09 Å². The van der Waals surface area contributed by atoms with E-state index < -0.39 is 5.60 Å². The zero-order valence-electron chi connectivity index (χ0n) is 20.5. The van der Waals surface area contributed by atoms with Gasteiger partial charge in [0, 0.05) is 51.6 Å². The molecule has 32 heavy (non-hydrogen) atoms. The molecular weight excluding hydrogens is 410 g/mol. The summed E-state index contributed by atoms with van der Waals surface area (Å²) >= 11 is 0. The molecule has 3 rings (SSSR count). The van der Waals surface area contributed by atoms with Crippen LogP contribution in [0, 0.1) is 11.8 Å². The predicted molar refractivity (Wildman–Crippen MR) is 121 cm³/mol. The summed E-state index contributed by atoms with van der Waals surface area (Å²) in [6.07, 6.45) is 3.54. The van der Waals surface area contributed by atoms with Crippen molar-refractivity contribution in [1.29, 1.82) is 0 Å². The van der Waals surface area contributed by atoms with E-state index in [-0.39, 0.29) is 36.0 Å². The first-order chi connectivity index (χ1) is 15.0. The number of carbonyl (C=O) groups excluding carboxylic acids is 3. The molecule has 3 saturated heterocycles. The maximum atomic E-state index is 12.9. The van der Waals surface area contributed by atoms with Gasteiger partial charge < -0.3 is 24.2 Å². The van der Waals surface area contributed by atoms with Crippen molar-refractivity contribution in [2.75, 3.05) is 39.3 Å². The molecule has 3 amide bonds. The molecule has 0 bridgehead atoms. The molecule has 0 saturated carbocycles. The molecule has 0 N–H and O–H groups in total. The molecular formula is C24H41N3O5. The molecule has 3 heterocycles. The Kier molecular flexibility index (Phi) is 8.06. The Morgan fingerprint density at radius 2 is 1.38 bits per heavy atom. The first kappa shape index (κ1) is 24.8. The lowest BCUT2D eigenvalue weighted by Gasteiger charge is -2.39. The highest BCUT2D eigenvalue weighted by atomic mass is 16.6. The van der Waals surface area contributed by atoms with E-state index in [1.807, 2.05) is 44.4 Å². The smallest absolute Gasteiger partial charge is 0.410 e. The number of amides is 3. The fourth-order valence-electron chi connectivity index (χ4n) is 5.01. The third-order valence-electron chi connectivity index (χ3n) is 6.66. The minimum Gasteiger partial charge on any atom is -0.444 e. The Hall–Kier alpha value is -1.83. The molecule has 3 aliphatic heterocycles. The Morgan fingerprint density at radius 1 is 0.844 bits per heavy atom. The number of morpholine rings is 1. The molecule has 0 aliphatic carbocycles. The summed E-state index contributed by atoms with van der Waals surface area (Å²) in [7, 11) is 0. The average molecular weight is 452 g/mol. The number of nitrogens with zero attached hydrogens (tertiary/aromatic N) is 3. The minimum absolute atomic E-state index is 0.00798. The lowest BCUT2D eigenvalue weighted by Crippen LogP contribution is -2.52. The molecule has 2 atom stereocenters. The molecule has 0 spiro atoms. The molecule has 8 heteroatoms. The quantitative estimate of drug-likeness (QED) is 0.659. The molecule has 8 nitrogen and oxygen atoms in total. The summed E-state index contributed by atoms with van der Waals surface area (Å²) in [5.41, 5.74) is -0.490. The van der Waals surface area contributed by atoms with Crippen LogP contribution in [0.5, 0.6) is 0 Å². The van der Waals surface area contributed by atoms with E-state index >= 15 is 0 Å². The highest BCUT2D eigenvalue weighted by molar-refractivity contribution is 5.80. The van der Waals surface area contributed by atoms with Crippen molar-refractivity contribution < 1.29 is 23.9 Å². The lowest BCUT2D eigenvalue weighted by molar-refractivity contribution is -0.150. The molecule has 3 fully saturated rings. The van der Waals surface area contributed by atoms with Crippen LogP contribution < -0.4 is 0 Å². The number of hydrogen-bond acceptors (Lipinski definition) is 5. The fraction of sp³-hybridized carbons (Fsp3) is 0.875. The van der Waals surface area contributed by atoms with Crippen LogP contribution in [0.25, 0.3) is 0 Å². The van der Waals surface area contributed by atoms with E-state index in [1.54, 1.807) is 4.90 Å². The van der Waals surface area contributed by atoms with Crippen LogP contribution in [0.1, 0.15) is 66.7 Å². The van der Waals surface area contributed by atoms with Gasteiger partial charge in [0.05, 0.1) is 12.2 Å². The van der Waals surface area contributed by atoms with Crippen molar-refractivity contribution in [3.63, 3.8) is 0 Å². The predicted octanol–water partition coefficient (Wildman–Crippen LogP) is 2.90. The van der Waals surface area contributed by atoms with Gasteiger partial charge in [-0.15, -0.1) is 0 Å². The van der Waals surface area contributed by atoms with Crippen LogP contribution in [0.2, 0.25) is 0 Å². The van der Waals surface area contributed by atoms with E-state index in [9.17, 15) is 14.4 Å². The second-order valence-corrected chi connectivity index (χ2v) is 10.8. The Morgan fingerprint density at radius 3 is 1.91 bits per heavy atom. The van der Waals surface area contributed by atoms with Crippen molar-refractivity contribution in [1.82, 2.24) is 14.7 Å². The number of likely N-dealkylation sites (tertiary alicyclic amines) is 2. The monoisotopic (exact) mass is 451 g/mol. The van der Waals surface area contributed by atoms with E-state index in [1.165, 1.54) is 0 Å². The number of hydrogen-bond donors (Lipinski definition) is 0. The third kappa shape index (κ3) is 6.83. The first-order valence-electron chi connectivity index (χ1n) is 12.2. The van der Waals surface area contributed by atoms with E-state index in [0.717, 1.165) is 25.7 Å². The van der Waals surface area contributed by atoms with E-state index in [2.05, 4.69) is 0 Å². The normalized spacial score (nSPS) is 26.2. The molecule has 0 aromatic rings. The second kappa shape index (κ2) is 10.4. The number of rotatable bonds is 3. The van der Waals surface area contributed by atoms with Gasteiger partial charge in [-0.05, 0) is 66.2 Å². The molecule has 3 aliphatic rings. The third-order valence-corrected chi connectivity index (χ3v) is 6.66. The molecule has 0 unspecified atom stereocenters.